The summed E-state index contributed by atoms with van der Waals surface area (Å²) in [5, 5.41) is 10.2. The van der Waals surface area contributed by atoms with Gasteiger partial charge in [0, 0.05) is 11.6 Å². The Morgan fingerprint density at radius 1 is 1.59 bits per heavy atom. The molecular weight excluding hydrogens is 254 g/mol. The number of nitrogens with zero attached hydrogens (tertiary/aromatic N) is 1. The average Bonchev–Trinajstić information content (AvgIpc) is 2.90. The molecule has 17 heavy (non-hydrogen) atoms. The number of hydrogen-bond donors (Lipinski definition) is 2. The van der Waals surface area contributed by atoms with Crippen LogP contribution in [0.4, 0.5) is 0 Å². The van der Waals surface area contributed by atoms with Gasteiger partial charge in [0.1, 0.15) is 5.01 Å². The van der Waals surface area contributed by atoms with Gasteiger partial charge < -0.3 is 10.6 Å². The van der Waals surface area contributed by atoms with Crippen LogP contribution in [-0.2, 0) is 5.54 Å². The van der Waals surface area contributed by atoms with Crippen LogP contribution in [0.2, 0.25) is 0 Å². The molecule has 1 unspecified atom stereocenters. The summed E-state index contributed by atoms with van der Waals surface area (Å²) in [5.74, 6) is 0.861. The van der Waals surface area contributed by atoms with E-state index in [1.807, 2.05) is 11.6 Å². The van der Waals surface area contributed by atoms with Gasteiger partial charge >= 0.3 is 0 Å². The molecule has 1 aromatic heterocycles. The van der Waals surface area contributed by atoms with Gasteiger partial charge in [-0.05, 0) is 52.2 Å². The molecule has 0 saturated carbocycles. The minimum absolute atomic E-state index is 0. The van der Waals surface area contributed by atoms with E-state index in [0.29, 0.717) is 0 Å². The minimum atomic E-state index is 0. The molecule has 1 aliphatic rings. The van der Waals surface area contributed by atoms with E-state index in [-0.39, 0.29) is 17.9 Å². The van der Waals surface area contributed by atoms with Crippen molar-refractivity contribution in [1.82, 2.24) is 15.6 Å². The standard InChI is InChI=1S/C12H21N3S.ClH/c1-12(2,11-14-7-8-16-11)15-6-4-10-3-5-13-9-10;/h7-8,10,13,15H,3-6,9H2,1-2H3;1H. The molecule has 1 atom stereocenters. The fourth-order valence-corrected chi connectivity index (χ4v) is 2.90. The molecule has 3 nitrogen and oxygen atoms in total. The molecule has 1 saturated heterocycles. The lowest BCUT2D eigenvalue weighted by atomic mass is 10.0. The lowest BCUT2D eigenvalue weighted by Crippen LogP contribution is -2.37. The van der Waals surface area contributed by atoms with Crippen LogP contribution in [0.3, 0.4) is 0 Å². The van der Waals surface area contributed by atoms with E-state index in [1.54, 1.807) is 11.3 Å². The Hall–Kier alpha value is -0.160. The first-order valence-corrected chi connectivity index (χ1v) is 6.92. The number of rotatable bonds is 5. The van der Waals surface area contributed by atoms with E-state index < -0.39 is 0 Å². The number of halogens is 1. The van der Waals surface area contributed by atoms with E-state index in [2.05, 4.69) is 29.5 Å². The maximum Gasteiger partial charge on any atom is 0.112 e. The van der Waals surface area contributed by atoms with Gasteiger partial charge in [0.25, 0.3) is 0 Å². The van der Waals surface area contributed by atoms with Crippen LogP contribution in [0.1, 0.15) is 31.7 Å². The Morgan fingerprint density at radius 2 is 2.41 bits per heavy atom. The Kier molecular flexibility index (Phi) is 5.86. The third-order valence-corrected chi connectivity index (χ3v) is 4.35. The smallest absolute Gasteiger partial charge is 0.112 e. The average molecular weight is 276 g/mol. The zero-order valence-electron chi connectivity index (χ0n) is 10.5. The monoisotopic (exact) mass is 275 g/mol. The van der Waals surface area contributed by atoms with Crippen molar-refractivity contribution < 1.29 is 0 Å². The summed E-state index contributed by atoms with van der Waals surface area (Å²) in [6.45, 7) is 7.89. The molecule has 98 valence electrons. The lowest BCUT2D eigenvalue weighted by Gasteiger charge is -2.24. The van der Waals surface area contributed by atoms with Crippen LogP contribution in [0.25, 0.3) is 0 Å². The van der Waals surface area contributed by atoms with Crippen molar-refractivity contribution in [2.24, 2.45) is 5.92 Å². The van der Waals surface area contributed by atoms with Crippen LogP contribution >= 0.6 is 23.7 Å². The van der Waals surface area contributed by atoms with Crippen LogP contribution in [-0.4, -0.2) is 24.6 Å². The minimum Gasteiger partial charge on any atom is -0.316 e. The summed E-state index contributed by atoms with van der Waals surface area (Å²) < 4.78 is 0. The van der Waals surface area contributed by atoms with Crippen molar-refractivity contribution in [2.75, 3.05) is 19.6 Å². The summed E-state index contributed by atoms with van der Waals surface area (Å²) in [7, 11) is 0. The van der Waals surface area contributed by atoms with Gasteiger partial charge in [0.05, 0.1) is 5.54 Å². The molecule has 2 rings (SSSR count). The fourth-order valence-electron chi connectivity index (χ4n) is 2.16. The van der Waals surface area contributed by atoms with Crippen LogP contribution in [0.15, 0.2) is 11.6 Å². The maximum absolute atomic E-state index is 4.38. The van der Waals surface area contributed by atoms with Crippen molar-refractivity contribution in [2.45, 2.75) is 32.2 Å². The highest BCUT2D eigenvalue weighted by Crippen LogP contribution is 2.22. The topological polar surface area (TPSA) is 37.0 Å². The molecule has 0 amide bonds. The van der Waals surface area contributed by atoms with Gasteiger partial charge in [-0.2, -0.15) is 0 Å². The van der Waals surface area contributed by atoms with E-state index in [9.17, 15) is 0 Å². The Labute approximate surface area is 114 Å². The number of thiazole rings is 1. The first-order valence-electron chi connectivity index (χ1n) is 6.04. The number of nitrogens with one attached hydrogen (secondary N) is 2. The van der Waals surface area contributed by atoms with Gasteiger partial charge in [-0.1, -0.05) is 0 Å². The summed E-state index contributed by atoms with van der Waals surface area (Å²) in [6, 6.07) is 0. The normalized spacial score (nSPS) is 20.2. The van der Waals surface area contributed by atoms with Crippen molar-refractivity contribution in [3.8, 4) is 0 Å². The Balaban J connectivity index is 0.00000144. The lowest BCUT2D eigenvalue weighted by molar-refractivity contribution is 0.375. The molecule has 0 aliphatic carbocycles. The summed E-state index contributed by atoms with van der Waals surface area (Å²) in [4.78, 5) is 4.38. The number of hydrogen-bond acceptors (Lipinski definition) is 4. The Morgan fingerprint density at radius 3 is 3.00 bits per heavy atom. The molecule has 1 aliphatic heterocycles. The second-order valence-corrected chi connectivity index (χ2v) is 5.93. The molecule has 5 heteroatoms. The van der Waals surface area contributed by atoms with Gasteiger partial charge in [-0.15, -0.1) is 23.7 Å². The second kappa shape index (κ2) is 6.69. The predicted molar refractivity (Wildman–Crippen MR) is 76.0 cm³/mol. The zero-order valence-corrected chi connectivity index (χ0v) is 12.2. The SMILES string of the molecule is CC(C)(NCCC1CCNC1)c1nccs1.Cl. The highest BCUT2D eigenvalue weighted by atomic mass is 35.5. The Bertz CT molecular complexity index is 308. The first-order chi connectivity index (χ1) is 7.68. The van der Waals surface area contributed by atoms with Crippen LogP contribution < -0.4 is 10.6 Å². The van der Waals surface area contributed by atoms with Crippen LogP contribution in [0, 0.1) is 5.92 Å². The molecular formula is C12H22ClN3S. The highest BCUT2D eigenvalue weighted by molar-refractivity contribution is 7.09. The molecule has 0 spiro atoms. The van der Waals surface area contributed by atoms with Gasteiger partial charge in [-0.25, -0.2) is 4.98 Å². The molecule has 0 bridgehead atoms. The van der Waals surface area contributed by atoms with E-state index in [0.717, 1.165) is 12.5 Å². The van der Waals surface area contributed by atoms with E-state index in [1.165, 1.54) is 30.9 Å². The largest absolute Gasteiger partial charge is 0.316 e. The zero-order chi connectivity index (χ0) is 11.4. The van der Waals surface area contributed by atoms with Gasteiger partial charge in [0.2, 0.25) is 0 Å². The third-order valence-electron chi connectivity index (χ3n) is 3.25. The van der Waals surface area contributed by atoms with Gasteiger partial charge in [0.15, 0.2) is 0 Å². The van der Waals surface area contributed by atoms with Crippen molar-refractivity contribution in [1.29, 1.82) is 0 Å². The maximum atomic E-state index is 4.38. The summed E-state index contributed by atoms with van der Waals surface area (Å²) in [5.41, 5.74) is 0.0141. The molecule has 2 heterocycles. The van der Waals surface area contributed by atoms with E-state index in [4.69, 9.17) is 0 Å². The molecule has 2 N–H and O–H groups in total. The summed E-state index contributed by atoms with van der Waals surface area (Å²) >= 11 is 1.73. The molecule has 0 radical (unpaired) electrons. The predicted octanol–water partition coefficient (Wildman–Crippen LogP) is 2.39. The second-order valence-electron chi connectivity index (χ2n) is 5.04. The quantitative estimate of drug-likeness (QED) is 0.866. The fraction of sp³-hybridized carbons (Fsp3) is 0.750. The van der Waals surface area contributed by atoms with Gasteiger partial charge in [-0.3, -0.25) is 0 Å². The molecule has 1 aromatic rings. The van der Waals surface area contributed by atoms with E-state index >= 15 is 0 Å². The highest BCUT2D eigenvalue weighted by Gasteiger charge is 2.23. The first kappa shape index (κ1) is 14.9. The summed E-state index contributed by atoms with van der Waals surface area (Å²) in [6.07, 6.45) is 4.48. The van der Waals surface area contributed by atoms with Crippen LogP contribution in [0.5, 0.6) is 0 Å². The van der Waals surface area contributed by atoms with Crippen molar-refractivity contribution in [3.63, 3.8) is 0 Å². The molecule has 1 fully saturated rings. The number of aromatic nitrogens is 1. The third kappa shape index (κ3) is 4.21. The van der Waals surface area contributed by atoms with Crippen molar-refractivity contribution in [3.05, 3.63) is 16.6 Å². The molecule has 0 aromatic carbocycles. The van der Waals surface area contributed by atoms with Crippen molar-refractivity contribution >= 4 is 23.7 Å².